The molecule has 1 aromatic heterocycles. The summed E-state index contributed by atoms with van der Waals surface area (Å²) < 4.78 is 0. The van der Waals surface area contributed by atoms with E-state index in [1.807, 2.05) is 24.1 Å². The third-order valence-electron chi connectivity index (χ3n) is 3.50. The van der Waals surface area contributed by atoms with Crippen molar-refractivity contribution < 1.29 is 9.59 Å². The Morgan fingerprint density at radius 3 is 2.61 bits per heavy atom. The lowest BCUT2D eigenvalue weighted by Gasteiger charge is -2.16. The molecule has 120 valence electrons. The number of rotatable bonds is 7. The highest BCUT2D eigenvalue weighted by molar-refractivity contribution is 5.97. The van der Waals surface area contributed by atoms with E-state index in [0.717, 1.165) is 13.0 Å². The summed E-state index contributed by atoms with van der Waals surface area (Å²) in [6.07, 6.45) is 4.40. The number of hydrogen-bond donors (Lipinski definition) is 1. The summed E-state index contributed by atoms with van der Waals surface area (Å²) in [4.78, 5) is 29.4. The van der Waals surface area contributed by atoms with Gasteiger partial charge in [0.15, 0.2) is 5.78 Å². The molecular formula is C18H21N3O2. The molecule has 2 aromatic rings. The number of ketones is 1. The first-order chi connectivity index (χ1) is 11.0. The molecule has 0 aliphatic rings. The molecular weight excluding hydrogens is 290 g/mol. The Balaban J connectivity index is 1.82. The molecule has 0 saturated carbocycles. The van der Waals surface area contributed by atoms with Crippen LogP contribution < -0.4 is 5.32 Å². The zero-order valence-corrected chi connectivity index (χ0v) is 13.5. The molecule has 1 amide bonds. The molecule has 0 atom stereocenters. The Morgan fingerprint density at radius 1 is 1.17 bits per heavy atom. The van der Waals surface area contributed by atoms with Crippen molar-refractivity contribution >= 4 is 17.4 Å². The van der Waals surface area contributed by atoms with Gasteiger partial charge in [0.1, 0.15) is 0 Å². The van der Waals surface area contributed by atoms with E-state index < -0.39 is 0 Å². The predicted octanol–water partition coefficient (Wildman–Crippen LogP) is 2.40. The lowest BCUT2D eigenvalue weighted by molar-refractivity contribution is -0.117. The minimum atomic E-state index is -0.0945. The summed E-state index contributed by atoms with van der Waals surface area (Å²) in [7, 11) is 1.91. The van der Waals surface area contributed by atoms with Gasteiger partial charge in [-0.1, -0.05) is 12.1 Å². The minimum Gasteiger partial charge on any atom is -0.325 e. The first-order valence-electron chi connectivity index (χ1n) is 7.53. The van der Waals surface area contributed by atoms with Crippen LogP contribution in [-0.4, -0.2) is 41.7 Å². The maximum atomic E-state index is 12.1. The summed E-state index contributed by atoms with van der Waals surface area (Å²) in [5.74, 6) is -0.113. The van der Waals surface area contributed by atoms with Crippen LogP contribution in [0.15, 0.2) is 48.8 Å². The lowest BCUT2D eigenvalue weighted by atomic mass is 10.1. The maximum absolute atomic E-state index is 12.1. The molecule has 1 aromatic carbocycles. The number of Topliss-reactive ketones (excluding diaryl/α,β-unsaturated/α-hetero) is 1. The largest absolute Gasteiger partial charge is 0.325 e. The van der Waals surface area contributed by atoms with Crippen LogP contribution in [0.1, 0.15) is 22.8 Å². The topological polar surface area (TPSA) is 62.3 Å². The van der Waals surface area contributed by atoms with E-state index in [-0.39, 0.29) is 11.7 Å². The lowest BCUT2D eigenvalue weighted by Crippen LogP contribution is -2.31. The van der Waals surface area contributed by atoms with Gasteiger partial charge >= 0.3 is 0 Å². The van der Waals surface area contributed by atoms with Gasteiger partial charge in [-0.05, 0) is 50.2 Å². The third-order valence-corrected chi connectivity index (χ3v) is 3.50. The quantitative estimate of drug-likeness (QED) is 0.798. The number of aromatic nitrogens is 1. The van der Waals surface area contributed by atoms with E-state index in [4.69, 9.17) is 0 Å². The van der Waals surface area contributed by atoms with Crippen molar-refractivity contribution in [2.24, 2.45) is 0 Å². The molecule has 0 radical (unpaired) electrons. The molecule has 1 heterocycles. The van der Waals surface area contributed by atoms with Gasteiger partial charge in [-0.25, -0.2) is 0 Å². The van der Waals surface area contributed by atoms with Gasteiger partial charge in [0.05, 0.1) is 6.54 Å². The van der Waals surface area contributed by atoms with Gasteiger partial charge in [-0.2, -0.15) is 0 Å². The van der Waals surface area contributed by atoms with Crippen LogP contribution in [0.2, 0.25) is 0 Å². The Hall–Kier alpha value is -2.53. The van der Waals surface area contributed by atoms with E-state index in [1.165, 1.54) is 12.5 Å². The zero-order valence-electron chi connectivity index (χ0n) is 13.5. The normalized spacial score (nSPS) is 10.6. The fraction of sp³-hybridized carbons (Fsp3) is 0.278. The van der Waals surface area contributed by atoms with Crippen LogP contribution in [0.25, 0.3) is 0 Å². The highest BCUT2D eigenvalue weighted by Crippen LogP contribution is 2.11. The smallest absolute Gasteiger partial charge is 0.238 e. The van der Waals surface area contributed by atoms with Crippen molar-refractivity contribution in [2.75, 3.05) is 25.5 Å². The van der Waals surface area contributed by atoms with E-state index in [9.17, 15) is 9.59 Å². The Morgan fingerprint density at radius 2 is 1.91 bits per heavy atom. The van der Waals surface area contributed by atoms with Crippen LogP contribution in [0.4, 0.5) is 5.69 Å². The number of likely N-dealkylation sites (N-methyl/N-ethyl adjacent to an activating group) is 1. The van der Waals surface area contributed by atoms with Gasteiger partial charge < -0.3 is 5.32 Å². The fourth-order valence-electron chi connectivity index (χ4n) is 2.21. The van der Waals surface area contributed by atoms with E-state index in [2.05, 4.69) is 10.3 Å². The standard InChI is InChI=1S/C18H21N3O2/c1-14(22)16-4-3-5-17(12-16)20-18(23)13-21(2)11-8-15-6-9-19-10-7-15/h3-7,9-10,12H,8,11,13H2,1-2H3,(H,20,23). The molecule has 5 heteroatoms. The summed E-state index contributed by atoms with van der Waals surface area (Å²) in [6, 6.07) is 10.9. The molecule has 0 aliphatic carbocycles. The molecule has 0 aliphatic heterocycles. The molecule has 0 fully saturated rings. The van der Waals surface area contributed by atoms with Gasteiger partial charge in [-0.3, -0.25) is 19.5 Å². The van der Waals surface area contributed by atoms with Crippen molar-refractivity contribution in [3.8, 4) is 0 Å². The molecule has 0 bridgehead atoms. The summed E-state index contributed by atoms with van der Waals surface area (Å²) in [5.41, 5.74) is 2.43. The molecule has 0 unspecified atom stereocenters. The number of carbonyl (C=O) groups excluding carboxylic acids is 2. The van der Waals surface area contributed by atoms with Gasteiger partial charge in [0, 0.05) is 30.2 Å². The second-order valence-electron chi connectivity index (χ2n) is 5.53. The van der Waals surface area contributed by atoms with E-state index >= 15 is 0 Å². The Kier molecular flexibility index (Phi) is 6.00. The molecule has 1 N–H and O–H groups in total. The Labute approximate surface area is 136 Å². The van der Waals surface area contributed by atoms with Gasteiger partial charge in [-0.15, -0.1) is 0 Å². The highest BCUT2D eigenvalue weighted by Gasteiger charge is 2.08. The number of benzene rings is 1. The number of amides is 1. The molecule has 2 rings (SSSR count). The van der Waals surface area contributed by atoms with E-state index in [0.29, 0.717) is 17.8 Å². The second-order valence-corrected chi connectivity index (χ2v) is 5.53. The number of pyridine rings is 1. The highest BCUT2D eigenvalue weighted by atomic mass is 16.2. The minimum absolute atomic E-state index is 0.0180. The van der Waals surface area contributed by atoms with Crippen molar-refractivity contribution in [1.82, 2.24) is 9.88 Å². The first kappa shape index (κ1) is 16.8. The monoisotopic (exact) mass is 311 g/mol. The molecule has 23 heavy (non-hydrogen) atoms. The average molecular weight is 311 g/mol. The van der Waals surface area contributed by atoms with Crippen LogP contribution in [-0.2, 0) is 11.2 Å². The van der Waals surface area contributed by atoms with E-state index in [1.54, 1.807) is 36.7 Å². The second kappa shape index (κ2) is 8.19. The molecule has 5 nitrogen and oxygen atoms in total. The zero-order chi connectivity index (χ0) is 16.7. The summed E-state index contributed by atoms with van der Waals surface area (Å²) in [5, 5.41) is 2.82. The molecule has 0 spiro atoms. The Bertz CT molecular complexity index is 671. The van der Waals surface area contributed by atoms with Crippen LogP contribution in [0.5, 0.6) is 0 Å². The van der Waals surface area contributed by atoms with Crippen molar-refractivity contribution in [3.63, 3.8) is 0 Å². The number of anilines is 1. The number of carbonyl (C=O) groups is 2. The summed E-state index contributed by atoms with van der Waals surface area (Å²) >= 11 is 0. The van der Waals surface area contributed by atoms with Gasteiger partial charge in [0.25, 0.3) is 0 Å². The van der Waals surface area contributed by atoms with Crippen molar-refractivity contribution in [2.45, 2.75) is 13.3 Å². The first-order valence-corrected chi connectivity index (χ1v) is 7.53. The van der Waals surface area contributed by atoms with Crippen LogP contribution in [0, 0.1) is 0 Å². The summed E-state index contributed by atoms with van der Waals surface area (Å²) in [6.45, 7) is 2.59. The van der Waals surface area contributed by atoms with Crippen LogP contribution in [0.3, 0.4) is 0 Å². The van der Waals surface area contributed by atoms with Crippen molar-refractivity contribution in [1.29, 1.82) is 0 Å². The predicted molar refractivity (Wildman–Crippen MR) is 90.5 cm³/mol. The SMILES string of the molecule is CC(=O)c1cccc(NC(=O)CN(C)CCc2ccncc2)c1. The number of hydrogen-bond acceptors (Lipinski definition) is 4. The average Bonchev–Trinajstić information content (AvgIpc) is 2.54. The fourth-order valence-corrected chi connectivity index (χ4v) is 2.21. The number of nitrogens with zero attached hydrogens (tertiary/aromatic N) is 2. The van der Waals surface area contributed by atoms with Crippen LogP contribution >= 0.6 is 0 Å². The van der Waals surface area contributed by atoms with Gasteiger partial charge in [0.2, 0.25) is 5.91 Å². The molecule has 0 saturated heterocycles. The van der Waals surface area contributed by atoms with Crippen molar-refractivity contribution in [3.05, 3.63) is 59.9 Å². The number of nitrogens with one attached hydrogen (secondary N) is 1. The third kappa shape index (κ3) is 5.64. The maximum Gasteiger partial charge on any atom is 0.238 e.